The smallest absolute Gasteiger partial charge is 0.246 e. The molecule has 2 rings (SSSR count). The van der Waals surface area contributed by atoms with E-state index in [1.807, 2.05) is 27.7 Å². The second kappa shape index (κ2) is 11.0. The number of aromatic nitrogens is 2. The third kappa shape index (κ3) is 5.95. The Hall–Kier alpha value is -2.26. The Morgan fingerprint density at radius 3 is 2.19 bits per heavy atom. The quantitative estimate of drug-likeness (QED) is 0.543. The summed E-state index contributed by atoms with van der Waals surface area (Å²) in [5.74, 6) is -0.543. The van der Waals surface area contributed by atoms with Crippen molar-refractivity contribution in [1.29, 1.82) is 0 Å². The summed E-state index contributed by atoms with van der Waals surface area (Å²) in [4.78, 5) is 13.0. The summed E-state index contributed by atoms with van der Waals surface area (Å²) in [6.07, 6.45) is 1.43. The van der Waals surface area contributed by atoms with Crippen LogP contribution in [0.25, 0.3) is 0 Å². The molecule has 1 N–H and O–H groups in total. The van der Waals surface area contributed by atoms with Gasteiger partial charge in [0.15, 0.2) is 0 Å². The van der Waals surface area contributed by atoms with Crippen molar-refractivity contribution in [1.82, 2.24) is 19.4 Å². The number of hydrogen-bond acceptors (Lipinski definition) is 4. The van der Waals surface area contributed by atoms with Crippen molar-refractivity contribution >= 4 is 15.9 Å². The minimum atomic E-state index is -3.70. The first-order valence-corrected chi connectivity index (χ1v) is 12.6. The third-order valence-electron chi connectivity index (χ3n) is 5.36. The molecule has 1 aromatic heterocycles. The molecule has 1 atom stereocenters. The molecular weight excluding hydrogens is 431 g/mol. The molecule has 0 spiro atoms. The molecule has 0 saturated carbocycles. The van der Waals surface area contributed by atoms with E-state index in [9.17, 15) is 17.6 Å². The molecule has 0 aliphatic carbocycles. The molecule has 178 valence electrons. The lowest BCUT2D eigenvalue weighted by atomic mass is 9.96. The van der Waals surface area contributed by atoms with Crippen LogP contribution >= 0.6 is 0 Å². The SMILES string of the molecule is CCCN(CCC)S(=O)(=O)c1c(C)nn(CC(=O)NC(c2ccc(F)cc2)C(C)C)c1C. The molecule has 0 saturated heterocycles. The van der Waals surface area contributed by atoms with Gasteiger partial charge in [-0.1, -0.05) is 39.8 Å². The van der Waals surface area contributed by atoms with Gasteiger partial charge < -0.3 is 5.32 Å². The molecule has 32 heavy (non-hydrogen) atoms. The Kier molecular flexibility index (Phi) is 8.98. The van der Waals surface area contributed by atoms with Crippen LogP contribution in [0.2, 0.25) is 0 Å². The molecule has 1 aromatic carbocycles. The Morgan fingerprint density at radius 2 is 1.69 bits per heavy atom. The Bertz CT molecular complexity index is 1010. The van der Waals surface area contributed by atoms with Gasteiger partial charge >= 0.3 is 0 Å². The van der Waals surface area contributed by atoms with Gasteiger partial charge in [-0.3, -0.25) is 9.48 Å². The zero-order valence-corrected chi connectivity index (χ0v) is 20.7. The number of rotatable bonds is 11. The van der Waals surface area contributed by atoms with Gasteiger partial charge in [0.1, 0.15) is 17.3 Å². The summed E-state index contributed by atoms with van der Waals surface area (Å²) < 4.78 is 42.8. The summed E-state index contributed by atoms with van der Waals surface area (Å²) in [6.45, 7) is 11.9. The van der Waals surface area contributed by atoms with Crippen molar-refractivity contribution in [3.63, 3.8) is 0 Å². The lowest BCUT2D eigenvalue weighted by Crippen LogP contribution is -2.35. The summed E-state index contributed by atoms with van der Waals surface area (Å²) >= 11 is 0. The number of aryl methyl sites for hydroxylation is 1. The number of hydrogen-bond donors (Lipinski definition) is 1. The van der Waals surface area contributed by atoms with E-state index in [1.54, 1.807) is 26.0 Å². The largest absolute Gasteiger partial charge is 0.347 e. The lowest BCUT2D eigenvalue weighted by Gasteiger charge is -2.23. The number of amides is 1. The molecule has 1 amide bonds. The van der Waals surface area contributed by atoms with Gasteiger partial charge in [-0.15, -0.1) is 0 Å². The third-order valence-corrected chi connectivity index (χ3v) is 7.52. The van der Waals surface area contributed by atoms with E-state index < -0.39 is 10.0 Å². The van der Waals surface area contributed by atoms with E-state index in [2.05, 4.69) is 10.4 Å². The lowest BCUT2D eigenvalue weighted by molar-refractivity contribution is -0.123. The highest BCUT2D eigenvalue weighted by Gasteiger charge is 2.30. The molecule has 0 aliphatic heterocycles. The highest BCUT2D eigenvalue weighted by Crippen LogP contribution is 2.25. The molecule has 9 heteroatoms. The number of benzene rings is 1. The van der Waals surface area contributed by atoms with Crippen LogP contribution in [-0.4, -0.2) is 41.5 Å². The summed E-state index contributed by atoms with van der Waals surface area (Å²) in [6, 6.07) is 5.75. The van der Waals surface area contributed by atoms with Crippen molar-refractivity contribution in [2.75, 3.05) is 13.1 Å². The van der Waals surface area contributed by atoms with Crippen molar-refractivity contribution in [3.05, 3.63) is 47.0 Å². The fourth-order valence-electron chi connectivity index (χ4n) is 3.85. The minimum absolute atomic E-state index is 0.0810. The Labute approximate surface area is 191 Å². The maximum atomic E-state index is 13.3. The van der Waals surface area contributed by atoms with Crippen LogP contribution in [-0.2, 0) is 21.4 Å². The average Bonchev–Trinajstić information content (AvgIpc) is 3.00. The highest BCUT2D eigenvalue weighted by atomic mass is 32.2. The van der Waals surface area contributed by atoms with Crippen LogP contribution in [0.15, 0.2) is 29.2 Å². The topological polar surface area (TPSA) is 84.3 Å². The van der Waals surface area contributed by atoms with Crippen molar-refractivity contribution in [2.45, 2.75) is 71.9 Å². The maximum Gasteiger partial charge on any atom is 0.246 e. The molecular formula is C23H35FN4O3S. The first-order chi connectivity index (χ1) is 15.0. The van der Waals surface area contributed by atoms with E-state index >= 15 is 0 Å². The van der Waals surface area contributed by atoms with E-state index in [-0.39, 0.29) is 35.1 Å². The first kappa shape index (κ1) is 26.0. The van der Waals surface area contributed by atoms with E-state index in [0.717, 1.165) is 5.56 Å². The highest BCUT2D eigenvalue weighted by molar-refractivity contribution is 7.89. The van der Waals surface area contributed by atoms with Crippen LogP contribution in [0.4, 0.5) is 4.39 Å². The van der Waals surface area contributed by atoms with E-state index in [4.69, 9.17) is 0 Å². The number of halogens is 1. The van der Waals surface area contributed by atoms with Crippen LogP contribution in [0.1, 0.15) is 63.5 Å². The fourth-order valence-corrected chi connectivity index (χ4v) is 5.84. The van der Waals surface area contributed by atoms with Crippen LogP contribution in [0.5, 0.6) is 0 Å². The van der Waals surface area contributed by atoms with Gasteiger partial charge in [0.2, 0.25) is 15.9 Å². The number of nitrogens with zero attached hydrogens (tertiary/aromatic N) is 3. The molecule has 1 heterocycles. The van der Waals surface area contributed by atoms with Crippen LogP contribution in [0, 0.1) is 25.6 Å². The second-order valence-electron chi connectivity index (χ2n) is 8.40. The van der Waals surface area contributed by atoms with Crippen LogP contribution in [0.3, 0.4) is 0 Å². The predicted octanol–water partition coefficient (Wildman–Crippen LogP) is 3.96. The average molecular weight is 467 g/mol. The summed E-state index contributed by atoms with van der Waals surface area (Å²) in [7, 11) is -3.70. The molecule has 0 radical (unpaired) electrons. The minimum Gasteiger partial charge on any atom is -0.347 e. The maximum absolute atomic E-state index is 13.3. The summed E-state index contributed by atoms with van der Waals surface area (Å²) in [5, 5.41) is 7.33. The van der Waals surface area contributed by atoms with Gasteiger partial charge in [0.25, 0.3) is 0 Å². The number of carbonyl (C=O) groups is 1. The van der Waals surface area contributed by atoms with Crippen molar-refractivity contribution in [3.8, 4) is 0 Å². The zero-order valence-electron chi connectivity index (χ0n) is 19.9. The second-order valence-corrected chi connectivity index (χ2v) is 10.3. The van der Waals surface area contributed by atoms with Gasteiger partial charge in [0, 0.05) is 13.1 Å². The van der Waals surface area contributed by atoms with Gasteiger partial charge in [0.05, 0.1) is 17.4 Å². The number of nitrogens with one attached hydrogen (secondary N) is 1. The van der Waals surface area contributed by atoms with Crippen molar-refractivity contribution in [2.24, 2.45) is 5.92 Å². The normalized spacial score (nSPS) is 13.0. The number of sulfonamides is 1. The molecule has 0 bridgehead atoms. The van der Waals surface area contributed by atoms with Crippen LogP contribution < -0.4 is 5.32 Å². The van der Waals surface area contributed by atoms with E-state index in [0.29, 0.717) is 37.3 Å². The fraction of sp³-hybridized carbons (Fsp3) is 0.565. The predicted molar refractivity (Wildman–Crippen MR) is 123 cm³/mol. The molecule has 2 aromatic rings. The molecule has 7 nitrogen and oxygen atoms in total. The Balaban J connectivity index is 2.26. The van der Waals surface area contributed by atoms with Gasteiger partial charge in [-0.25, -0.2) is 12.8 Å². The number of carbonyl (C=O) groups excluding carboxylic acids is 1. The van der Waals surface area contributed by atoms with E-state index in [1.165, 1.54) is 21.1 Å². The summed E-state index contributed by atoms with van der Waals surface area (Å²) in [5.41, 5.74) is 1.63. The Morgan fingerprint density at radius 1 is 1.12 bits per heavy atom. The van der Waals surface area contributed by atoms with Gasteiger partial charge in [-0.05, 0) is 50.3 Å². The molecule has 0 aliphatic rings. The molecule has 1 unspecified atom stereocenters. The monoisotopic (exact) mass is 466 g/mol. The van der Waals surface area contributed by atoms with Gasteiger partial charge in [-0.2, -0.15) is 9.40 Å². The zero-order chi connectivity index (χ0) is 24.1. The van der Waals surface area contributed by atoms with Crippen molar-refractivity contribution < 1.29 is 17.6 Å². The first-order valence-electron chi connectivity index (χ1n) is 11.1. The standard InChI is InChI=1S/C23H35FN4O3S/c1-7-13-27(14-8-2)32(30,31)23-17(5)26-28(18(23)6)15-21(29)25-22(16(3)4)19-9-11-20(24)12-10-19/h9-12,16,22H,7-8,13-15H2,1-6H3,(H,25,29). The molecule has 0 fully saturated rings.